The zero-order chi connectivity index (χ0) is 12.5. The van der Waals surface area contributed by atoms with Gasteiger partial charge in [-0.05, 0) is 19.3 Å². The minimum absolute atomic E-state index is 0.598. The Morgan fingerprint density at radius 2 is 1.76 bits per heavy atom. The molecule has 102 valence electrons. The first-order valence-electron chi connectivity index (χ1n) is 6.77. The van der Waals surface area contributed by atoms with E-state index in [-0.39, 0.29) is 0 Å². The quantitative estimate of drug-likeness (QED) is 0.590. The molecule has 1 saturated carbocycles. The predicted octanol–water partition coefficient (Wildman–Crippen LogP) is 1.11. The fourth-order valence-corrected chi connectivity index (χ4v) is 2.02. The number of rotatable bonds is 11. The molecule has 0 aromatic carbocycles. The van der Waals surface area contributed by atoms with E-state index in [1.807, 2.05) is 0 Å². The van der Waals surface area contributed by atoms with Gasteiger partial charge in [0, 0.05) is 45.9 Å². The molecular weight excluding hydrogens is 216 g/mol. The molecule has 0 heterocycles. The van der Waals surface area contributed by atoms with Crippen LogP contribution in [0.5, 0.6) is 0 Å². The van der Waals surface area contributed by atoms with Crippen molar-refractivity contribution in [2.75, 3.05) is 47.1 Å². The number of methoxy groups -OCH3 is 2. The summed E-state index contributed by atoms with van der Waals surface area (Å²) in [4.78, 5) is 2.47. The Balaban J connectivity index is 2.31. The van der Waals surface area contributed by atoms with Crippen LogP contribution in [0.25, 0.3) is 0 Å². The summed E-state index contributed by atoms with van der Waals surface area (Å²) in [5.41, 5.74) is 0. The van der Waals surface area contributed by atoms with Crippen LogP contribution in [0.3, 0.4) is 0 Å². The van der Waals surface area contributed by atoms with Gasteiger partial charge in [0.1, 0.15) is 0 Å². The third-order valence-corrected chi connectivity index (χ3v) is 3.37. The third kappa shape index (κ3) is 6.36. The Kier molecular flexibility index (Phi) is 7.77. The highest BCUT2D eigenvalue weighted by molar-refractivity contribution is 4.84. The van der Waals surface area contributed by atoms with Crippen molar-refractivity contribution < 1.29 is 9.47 Å². The minimum Gasteiger partial charge on any atom is -0.383 e. The fourth-order valence-electron chi connectivity index (χ4n) is 2.02. The maximum absolute atomic E-state index is 5.18. The van der Waals surface area contributed by atoms with Crippen molar-refractivity contribution in [3.63, 3.8) is 0 Å². The first kappa shape index (κ1) is 14.9. The standard InChI is InChI=1S/C13H28N2O2/c1-4-13(11-14-12-5-6-12)15(7-9-16-2)8-10-17-3/h12-14H,4-11H2,1-3H3. The van der Waals surface area contributed by atoms with Crippen LogP contribution in [0.4, 0.5) is 0 Å². The van der Waals surface area contributed by atoms with Crippen molar-refractivity contribution in [1.29, 1.82) is 0 Å². The van der Waals surface area contributed by atoms with Gasteiger partial charge < -0.3 is 14.8 Å². The largest absolute Gasteiger partial charge is 0.383 e. The molecule has 1 rings (SSSR count). The number of hydrogen-bond donors (Lipinski definition) is 1. The monoisotopic (exact) mass is 244 g/mol. The summed E-state index contributed by atoms with van der Waals surface area (Å²) in [7, 11) is 3.52. The van der Waals surface area contributed by atoms with Gasteiger partial charge in [0.25, 0.3) is 0 Å². The molecule has 1 fully saturated rings. The van der Waals surface area contributed by atoms with E-state index in [2.05, 4.69) is 17.1 Å². The van der Waals surface area contributed by atoms with Crippen molar-refractivity contribution in [3.05, 3.63) is 0 Å². The van der Waals surface area contributed by atoms with Crippen molar-refractivity contribution in [2.45, 2.75) is 38.3 Å². The lowest BCUT2D eigenvalue weighted by Crippen LogP contribution is -2.45. The highest BCUT2D eigenvalue weighted by atomic mass is 16.5. The molecule has 4 heteroatoms. The highest BCUT2D eigenvalue weighted by Gasteiger charge is 2.23. The lowest BCUT2D eigenvalue weighted by molar-refractivity contribution is 0.0851. The van der Waals surface area contributed by atoms with E-state index < -0.39 is 0 Å². The average Bonchev–Trinajstić information content (AvgIpc) is 3.16. The topological polar surface area (TPSA) is 33.7 Å². The first-order valence-corrected chi connectivity index (χ1v) is 6.77. The van der Waals surface area contributed by atoms with Crippen LogP contribution in [0.1, 0.15) is 26.2 Å². The lowest BCUT2D eigenvalue weighted by Gasteiger charge is -2.31. The van der Waals surface area contributed by atoms with Crippen LogP contribution in [0.2, 0.25) is 0 Å². The maximum Gasteiger partial charge on any atom is 0.0589 e. The van der Waals surface area contributed by atoms with Crippen LogP contribution in [0.15, 0.2) is 0 Å². The second-order valence-corrected chi connectivity index (χ2v) is 4.77. The van der Waals surface area contributed by atoms with Crippen molar-refractivity contribution >= 4 is 0 Å². The molecule has 1 N–H and O–H groups in total. The van der Waals surface area contributed by atoms with Gasteiger partial charge >= 0.3 is 0 Å². The number of nitrogens with zero attached hydrogens (tertiary/aromatic N) is 1. The van der Waals surface area contributed by atoms with Gasteiger partial charge in [0.15, 0.2) is 0 Å². The number of nitrogens with one attached hydrogen (secondary N) is 1. The van der Waals surface area contributed by atoms with Gasteiger partial charge in [-0.1, -0.05) is 6.92 Å². The molecule has 0 aromatic rings. The number of ether oxygens (including phenoxy) is 2. The van der Waals surface area contributed by atoms with Gasteiger partial charge in [-0.25, -0.2) is 0 Å². The zero-order valence-electron chi connectivity index (χ0n) is 11.6. The SMILES string of the molecule is CCC(CNC1CC1)N(CCOC)CCOC. The average molecular weight is 244 g/mol. The Labute approximate surface area is 106 Å². The number of hydrogen-bond acceptors (Lipinski definition) is 4. The molecule has 0 aliphatic heterocycles. The second-order valence-electron chi connectivity index (χ2n) is 4.77. The first-order chi connectivity index (χ1) is 8.31. The molecule has 0 aromatic heterocycles. The van der Waals surface area contributed by atoms with Crippen LogP contribution in [0, 0.1) is 0 Å². The summed E-state index contributed by atoms with van der Waals surface area (Å²) in [5, 5.41) is 3.62. The van der Waals surface area contributed by atoms with E-state index in [1.54, 1.807) is 14.2 Å². The van der Waals surface area contributed by atoms with E-state index in [1.165, 1.54) is 19.3 Å². The van der Waals surface area contributed by atoms with Gasteiger partial charge in [0.05, 0.1) is 13.2 Å². The van der Waals surface area contributed by atoms with Crippen molar-refractivity contribution in [3.8, 4) is 0 Å². The molecule has 1 aliphatic carbocycles. The molecule has 1 unspecified atom stereocenters. The summed E-state index contributed by atoms with van der Waals surface area (Å²) in [6.45, 7) is 6.92. The van der Waals surface area contributed by atoms with E-state index >= 15 is 0 Å². The van der Waals surface area contributed by atoms with Crippen LogP contribution < -0.4 is 5.32 Å². The third-order valence-electron chi connectivity index (χ3n) is 3.37. The highest BCUT2D eigenvalue weighted by Crippen LogP contribution is 2.19. The van der Waals surface area contributed by atoms with Gasteiger partial charge in [0.2, 0.25) is 0 Å². The summed E-state index contributed by atoms with van der Waals surface area (Å²) >= 11 is 0. The summed E-state index contributed by atoms with van der Waals surface area (Å²) in [5.74, 6) is 0. The van der Waals surface area contributed by atoms with Crippen LogP contribution in [-0.4, -0.2) is 64.1 Å². The summed E-state index contributed by atoms with van der Waals surface area (Å²) in [6.07, 6.45) is 3.88. The lowest BCUT2D eigenvalue weighted by atomic mass is 10.2. The molecule has 0 bridgehead atoms. The van der Waals surface area contributed by atoms with E-state index in [9.17, 15) is 0 Å². The van der Waals surface area contributed by atoms with E-state index in [0.29, 0.717) is 6.04 Å². The van der Waals surface area contributed by atoms with Crippen LogP contribution >= 0.6 is 0 Å². The normalized spacial score (nSPS) is 17.6. The molecule has 0 amide bonds. The van der Waals surface area contributed by atoms with E-state index in [0.717, 1.165) is 38.9 Å². The molecule has 4 nitrogen and oxygen atoms in total. The van der Waals surface area contributed by atoms with Crippen molar-refractivity contribution in [2.24, 2.45) is 0 Å². The molecule has 0 spiro atoms. The van der Waals surface area contributed by atoms with Gasteiger partial charge in [-0.2, -0.15) is 0 Å². The van der Waals surface area contributed by atoms with Crippen LogP contribution in [-0.2, 0) is 9.47 Å². The van der Waals surface area contributed by atoms with Gasteiger partial charge in [-0.3, -0.25) is 4.90 Å². The Morgan fingerprint density at radius 1 is 1.18 bits per heavy atom. The second kappa shape index (κ2) is 8.86. The summed E-state index contributed by atoms with van der Waals surface area (Å²) < 4.78 is 10.4. The van der Waals surface area contributed by atoms with E-state index in [4.69, 9.17) is 9.47 Å². The smallest absolute Gasteiger partial charge is 0.0589 e. The van der Waals surface area contributed by atoms with Crippen molar-refractivity contribution in [1.82, 2.24) is 10.2 Å². The molecule has 17 heavy (non-hydrogen) atoms. The minimum atomic E-state index is 0.598. The molecule has 1 aliphatic rings. The Bertz CT molecular complexity index is 178. The molecule has 0 radical (unpaired) electrons. The predicted molar refractivity (Wildman–Crippen MR) is 70.4 cm³/mol. The molecule has 1 atom stereocenters. The summed E-state index contributed by atoms with van der Waals surface area (Å²) in [6, 6.07) is 1.39. The molecular formula is C13H28N2O2. The fraction of sp³-hybridized carbons (Fsp3) is 1.00. The van der Waals surface area contributed by atoms with Gasteiger partial charge in [-0.15, -0.1) is 0 Å². The Morgan fingerprint density at radius 3 is 2.18 bits per heavy atom. The maximum atomic E-state index is 5.18. The zero-order valence-corrected chi connectivity index (χ0v) is 11.6. The molecule has 0 saturated heterocycles. The Hall–Kier alpha value is -0.160.